The molecule has 75 heavy (non-hydrogen) atoms. The number of esters is 3. The average molecular weight is 1040 g/mol. The van der Waals surface area contributed by atoms with Crippen LogP contribution in [0.3, 0.4) is 0 Å². The lowest BCUT2D eigenvalue weighted by Gasteiger charge is -2.18. The molecule has 0 aromatic heterocycles. The molecule has 6 nitrogen and oxygen atoms in total. The first-order chi connectivity index (χ1) is 37.0. The van der Waals surface area contributed by atoms with Gasteiger partial charge in [-0.2, -0.15) is 0 Å². The quantitative estimate of drug-likeness (QED) is 0.0261. The van der Waals surface area contributed by atoms with Gasteiger partial charge in [0.25, 0.3) is 0 Å². The number of rotatable bonds is 55. The van der Waals surface area contributed by atoms with Crippen molar-refractivity contribution in [3.63, 3.8) is 0 Å². The Morgan fingerprint density at radius 2 is 0.520 bits per heavy atom. The summed E-state index contributed by atoms with van der Waals surface area (Å²) in [4.78, 5) is 38.3. The zero-order valence-electron chi connectivity index (χ0n) is 48.8. The van der Waals surface area contributed by atoms with Crippen molar-refractivity contribution in [2.45, 2.75) is 284 Å². The van der Waals surface area contributed by atoms with Crippen molar-refractivity contribution in [2.75, 3.05) is 13.2 Å². The Bertz CT molecular complexity index is 1480. The fourth-order valence-corrected chi connectivity index (χ4v) is 8.38. The number of ether oxygens (including phenoxy) is 3. The van der Waals surface area contributed by atoms with Crippen LogP contribution in [0.1, 0.15) is 278 Å². The molecule has 0 spiro atoms. The molecule has 0 heterocycles. The van der Waals surface area contributed by atoms with Crippen LogP contribution in [0, 0.1) is 0 Å². The Hall–Kier alpha value is -4.19. The van der Waals surface area contributed by atoms with Gasteiger partial charge in [0.15, 0.2) is 6.10 Å². The second kappa shape index (κ2) is 62.4. The van der Waals surface area contributed by atoms with E-state index in [0.717, 1.165) is 135 Å². The molecule has 0 bridgehead atoms. The molecule has 0 radical (unpaired) electrons. The van der Waals surface area contributed by atoms with Crippen LogP contribution in [0.15, 0.2) is 122 Å². The molecule has 0 atom stereocenters. The van der Waals surface area contributed by atoms with Crippen molar-refractivity contribution in [1.29, 1.82) is 0 Å². The van der Waals surface area contributed by atoms with Crippen LogP contribution in [0.2, 0.25) is 0 Å². The summed E-state index contributed by atoms with van der Waals surface area (Å²) in [5.41, 5.74) is 0. The second-order valence-electron chi connectivity index (χ2n) is 20.2. The van der Waals surface area contributed by atoms with Gasteiger partial charge in [-0.05, 0) is 109 Å². The van der Waals surface area contributed by atoms with Crippen molar-refractivity contribution >= 4 is 17.9 Å². The zero-order valence-corrected chi connectivity index (χ0v) is 48.8. The topological polar surface area (TPSA) is 78.9 Å². The van der Waals surface area contributed by atoms with Gasteiger partial charge >= 0.3 is 17.9 Å². The lowest BCUT2D eigenvalue weighted by atomic mass is 10.0. The average Bonchev–Trinajstić information content (AvgIpc) is 3.41. The van der Waals surface area contributed by atoms with Gasteiger partial charge in [-0.15, -0.1) is 0 Å². The molecule has 6 heteroatoms. The highest BCUT2D eigenvalue weighted by atomic mass is 16.6. The molecule has 0 fully saturated rings. The van der Waals surface area contributed by atoms with E-state index in [9.17, 15) is 14.4 Å². The molecular formula is C69H114O6. The number of carbonyl (C=O) groups is 3. The summed E-state index contributed by atoms with van der Waals surface area (Å²) in [7, 11) is 0. The van der Waals surface area contributed by atoms with E-state index in [2.05, 4.69) is 142 Å². The van der Waals surface area contributed by atoms with Crippen LogP contribution < -0.4 is 0 Å². The van der Waals surface area contributed by atoms with Gasteiger partial charge in [-0.3, -0.25) is 14.4 Å². The van der Waals surface area contributed by atoms with Crippen LogP contribution in [-0.4, -0.2) is 37.2 Å². The Labute approximate surface area is 462 Å². The molecule has 0 unspecified atom stereocenters. The Balaban J connectivity index is 4.50. The molecule has 0 aromatic rings. The lowest BCUT2D eigenvalue weighted by Crippen LogP contribution is -2.30. The van der Waals surface area contributed by atoms with Gasteiger partial charge < -0.3 is 14.2 Å². The van der Waals surface area contributed by atoms with Crippen molar-refractivity contribution in [3.8, 4) is 0 Å². The van der Waals surface area contributed by atoms with E-state index in [1.807, 2.05) is 0 Å². The minimum Gasteiger partial charge on any atom is -0.462 e. The number of allylic oxidation sites excluding steroid dienone is 20. The molecule has 426 valence electrons. The molecule has 0 aliphatic carbocycles. The summed E-state index contributed by atoms with van der Waals surface area (Å²) in [6.45, 7) is 6.38. The highest BCUT2D eigenvalue weighted by Crippen LogP contribution is 2.16. The molecule has 0 aliphatic rings. The first kappa shape index (κ1) is 70.8. The van der Waals surface area contributed by atoms with E-state index in [4.69, 9.17) is 14.2 Å². The van der Waals surface area contributed by atoms with Crippen LogP contribution in [0.5, 0.6) is 0 Å². The number of carbonyl (C=O) groups excluding carboxylic acids is 3. The smallest absolute Gasteiger partial charge is 0.306 e. The molecule has 0 saturated heterocycles. The third kappa shape index (κ3) is 60.6. The van der Waals surface area contributed by atoms with E-state index >= 15 is 0 Å². The molecule has 0 aromatic carbocycles. The molecular weight excluding hydrogens is 925 g/mol. The van der Waals surface area contributed by atoms with Gasteiger partial charge in [0.1, 0.15) is 13.2 Å². The fourth-order valence-electron chi connectivity index (χ4n) is 8.38. The minimum absolute atomic E-state index is 0.107. The Morgan fingerprint density at radius 1 is 0.280 bits per heavy atom. The minimum atomic E-state index is -0.809. The SMILES string of the molecule is CC/C=C\C/C=C\C/C=C\C/C=C\C/C=C\CCCCCC(=O)OCC(COC(=O)CCCCC/C=C\C/C=C\C/C=C\C/C=C\C/C=C\CC)OC(=O)CCCCCCCCCCCCCCCCCCCCC. The maximum atomic E-state index is 12.9. The first-order valence-corrected chi connectivity index (χ1v) is 31.0. The summed E-state index contributed by atoms with van der Waals surface area (Å²) in [5.74, 6) is -0.962. The number of unbranched alkanes of at least 4 members (excludes halogenated alkanes) is 24. The Kier molecular flexibility index (Phi) is 58.9. The fraction of sp³-hybridized carbons (Fsp3) is 0.667. The summed E-state index contributed by atoms with van der Waals surface area (Å²) in [5, 5.41) is 0. The summed E-state index contributed by atoms with van der Waals surface area (Å²) in [6.07, 6.45) is 86.2. The normalized spacial score (nSPS) is 12.6. The number of hydrogen-bond acceptors (Lipinski definition) is 6. The predicted octanol–water partition coefficient (Wildman–Crippen LogP) is 21.2. The third-order valence-corrected chi connectivity index (χ3v) is 13.0. The standard InChI is InChI=1S/C69H114O6/c1-4-7-10-13-16-19-22-25-28-31-34-37-40-43-46-49-52-55-58-61-67(70)73-64-66(75-69(72)63-60-57-54-51-48-45-42-39-36-33-30-27-24-21-18-15-12-9-6-3)65-74-68(71)62-59-56-53-50-47-44-41-38-35-32-29-26-23-20-17-14-11-8-5-2/h7-8,10-11,16-17,19-20,25-26,28-29,34-35,37-38,43-44,46-47,66H,4-6,9,12-15,18,21-24,27,30-33,36,39-42,45,48-65H2,1-3H3/b10-7-,11-8-,19-16-,20-17-,28-25-,29-26-,37-34-,38-35-,46-43-,47-44-. The van der Waals surface area contributed by atoms with Crippen molar-refractivity contribution < 1.29 is 28.6 Å². The van der Waals surface area contributed by atoms with Gasteiger partial charge in [0.05, 0.1) is 0 Å². The van der Waals surface area contributed by atoms with Crippen LogP contribution in [0.4, 0.5) is 0 Å². The van der Waals surface area contributed by atoms with Crippen molar-refractivity contribution in [1.82, 2.24) is 0 Å². The van der Waals surface area contributed by atoms with Gasteiger partial charge in [-0.25, -0.2) is 0 Å². The van der Waals surface area contributed by atoms with Crippen molar-refractivity contribution in [3.05, 3.63) is 122 Å². The molecule has 0 aliphatic heterocycles. The van der Waals surface area contributed by atoms with E-state index in [1.165, 1.54) is 103 Å². The van der Waals surface area contributed by atoms with E-state index in [0.29, 0.717) is 19.3 Å². The lowest BCUT2D eigenvalue weighted by molar-refractivity contribution is -0.167. The molecule has 0 N–H and O–H groups in total. The summed E-state index contributed by atoms with van der Waals surface area (Å²) < 4.78 is 16.9. The van der Waals surface area contributed by atoms with Crippen LogP contribution in [-0.2, 0) is 28.6 Å². The first-order valence-electron chi connectivity index (χ1n) is 31.0. The second-order valence-corrected chi connectivity index (χ2v) is 20.2. The maximum Gasteiger partial charge on any atom is 0.306 e. The zero-order chi connectivity index (χ0) is 54.3. The number of hydrogen-bond donors (Lipinski definition) is 0. The largest absolute Gasteiger partial charge is 0.462 e. The van der Waals surface area contributed by atoms with E-state index < -0.39 is 6.10 Å². The molecule has 0 rings (SSSR count). The highest BCUT2D eigenvalue weighted by Gasteiger charge is 2.19. The maximum absolute atomic E-state index is 12.9. The van der Waals surface area contributed by atoms with E-state index in [1.54, 1.807) is 0 Å². The third-order valence-electron chi connectivity index (χ3n) is 13.0. The van der Waals surface area contributed by atoms with Gasteiger partial charge in [-0.1, -0.05) is 271 Å². The van der Waals surface area contributed by atoms with Gasteiger partial charge in [0, 0.05) is 19.3 Å². The van der Waals surface area contributed by atoms with Crippen molar-refractivity contribution in [2.24, 2.45) is 0 Å². The molecule has 0 saturated carbocycles. The van der Waals surface area contributed by atoms with Crippen LogP contribution >= 0.6 is 0 Å². The Morgan fingerprint density at radius 3 is 0.813 bits per heavy atom. The summed E-state index contributed by atoms with van der Waals surface area (Å²) in [6, 6.07) is 0. The molecule has 0 amide bonds. The van der Waals surface area contributed by atoms with Gasteiger partial charge in [0.2, 0.25) is 0 Å². The summed E-state index contributed by atoms with van der Waals surface area (Å²) >= 11 is 0. The predicted molar refractivity (Wildman–Crippen MR) is 325 cm³/mol. The highest BCUT2D eigenvalue weighted by molar-refractivity contribution is 5.71. The van der Waals surface area contributed by atoms with E-state index in [-0.39, 0.29) is 31.1 Å². The van der Waals surface area contributed by atoms with Crippen LogP contribution in [0.25, 0.3) is 0 Å². The monoisotopic (exact) mass is 1040 g/mol.